The normalized spacial score (nSPS) is 12.9. The van der Waals surface area contributed by atoms with E-state index in [2.05, 4.69) is 9.97 Å². The van der Waals surface area contributed by atoms with Crippen molar-refractivity contribution in [3.8, 4) is 10.6 Å². The SMILES string of the molecule is CC[C@@H](C)n1c(=S)[nH]c(=O)c2c(C(F)F)cc(-c3cccs3)nc21. The molecule has 3 aromatic heterocycles. The molecular weight excluding hydrogens is 352 g/mol. The number of alkyl halides is 2. The van der Waals surface area contributed by atoms with Crippen molar-refractivity contribution in [2.45, 2.75) is 32.7 Å². The molecule has 126 valence electrons. The topological polar surface area (TPSA) is 50.7 Å². The molecular formula is C16H15F2N3OS2. The number of aromatic amines is 1. The molecule has 24 heavy (non-hydrogen) atoms. The number of halogens is 2. The molecule has 3 rings (SSSR count). The zero-order chi connectivity index (χ0) is 17.4. The highest BCUT2D eigenvalue weighted by atomic mass is 32.1. The Balaban J connectivity index is 2.49. The molecule has 0 spiro atoms. The first-order valence-corrected chi connectivity index (χ1v) is 8.74. The summed E-state index contributed by atoms with van der Waals surface area (Å²) < 4.78 is 29.0. The van der Waals surface area contributed by atoms with Crippen molar-refractivity contribution in [2.24, 2.45) is 0 Å². The third-order valence-electron chi connectivity index (χ3n) is 3.97. The van der Waals surface area contributed by atoms with Crippen LogP contribution in [0, 0.1) is 4.77 Å². The van der Waals surface area contributed by atoms with Crippen molar-refractivity contribution in [1.29, 1.82) is 0 Å². The van der Waals surface area contributed by atoms with Crippen LogP contribution in [-0.4, -0.2) is 14.5 Å². The molecule has 0 saturated heterocycles. The number of thiophene rings is 1. The first-order valence-electron chi connectivity index (χ1n) is 7.45. The fraction of sp³-hybridized carbons (Fsp3) is 0.312. The molecule has 0 aromatic carbocycles. The Morgan fingerprint density at radius 3 is 2.79 bits per heavy atom. The number of fused-ring (bicyclic) bond motifs is 1. The number of aromatic nitrogens is 3. The van der Waals surface area contributed by atoms with Gasteiger partial charge < -0.3 is 0 Å². The molecule has 0 radical (unpaired) electrons. The van der Waals surface area contributed by atoms with Crippen molar-refractivity contribution in [3.63, 3.8) is 0 Å². The van der Waals surface area contributed by atoms with E-state index < -0.39 is 12.0 Å². The van der Waals surface area contributed by atoms with Crippen molar-refractivity contribution in [1.82, 2.24) is 14.5 Å². The molecule has 0 aliphatic carbocycles. The third-order valence-corrected chi connectivity index (χ3v) is 5.16. The maximum absolute atomic E-state index is 13.6. The lowest BCUT2D eigenvalue weighted by molar-refractivity contribution is 0.153. The van der Waals surface area contributed by atoms with Crippen LogP contribution in [0.2, 0.25) is 0 Å². The van der Waals surface area contributed by atoms with E-state index in [1.165, 1.54) is 17.4 Å². The second kappa shape index (κ2) is 6.52. The highest BCUT2D eigenvalue weighted by molar-refractivity contribution is 7.71. The van der Waals surface area contributed by atoms with Gasteiger partial charge >= 0.3 is 0 Å². The van der Waals surface area contributed by atoms with Gasteiger partial charge in [-0.15, -0.1) is 11.3 Å². The lowest BCUT2D eigenvalue weighted by Gasteiger charge is -2.18. The average Bonchev–Trinajstić information content (AvgIpc) is 3.07. The quantitative estimate of drug-likeness (QED) is 0.653. The molecule has 1 atom stereocenters. The fourth-order valence-electron chi connectivity index (χ4n) is 2.59. The minimum Gasteiger partial charge on any atom is -0.300 e. The summed E-state index contributed by atoms with van der Waals surface area (Å²) in [7, 11) is 0. The summed E-state index contributed by atoms with van der Waals surface area (Å²) in [6.07, 6.45) is -2.05. The van der Waals surface area contributed by atoms with Gasteiger partial charge in [-0.25, -0.2) is 13.8 Å². The molecule has 1 N–H and O–H groups in total. The van der Waals surface area contributed by atoms with Gasteiger partial charge in [-0.3, -0.25) is 14.3 Å². The zero-order valence-corrected chi connectivity index (χ0v) is 14.7. The number of H-pyrrole nitrogens is 1. The standard InChI is InChI=1S/C16H15F2N3OS2/c1-3-8(2)21-14-12(15(22)20-16(21)23)9(13(17)18)7-10(19-14)11-5-4-6-24-11/h4-8,13H,3H2,1-2H3,(H,20,22,23)/t8-/m1/s1. The number of hydrogen-bond acceptors (Lipinski definition) is 4. The van der Waals surface area contributed by atoms with Crippen LogP contribution < -0.4 is 5.56 Å². The maximum atomic E-state index is 13.6. The Kier molecular flexibility index (Phi) is 4.60. The van der Waals surface area contributed by atoms with Gasteiger partial charge in [0, 0.05) is 11.6 Å². The van der Waals surface area contributed by atoms with Gasteiger partial charge in [0.05, 0.1) is 16.0 Å². The molecule has 0 aliphatic heterocycles. The molecule has 8 heteroatoms. The Hall–Kier alpha value is -1.93. The molecule has 0 aliphatic rings. The van der Waals surface area contributed by atoms with Gasteiger partial charge in [-0.2, -0.15) is 0 Å². The Morgan fingerprint density at radius 1 is 1.46 bits per heavy atom. The van der Waals surface area contributed by atoms with E-state index in [0.717, 1.165) is 11.3 Å². The summed E-state index contributed by atoms with van der Waals surface area (Å²) in [5.41, 5.74) is -0.323. The number of nitrogens with one attached hydrogen (secondary N) is 1. The molecule has 0 fully saturated rings. The maximum Gasteiger partial charge on any atom is 0.264 e. The smallest absolute Gasteiger partial charge is 0.264 e. The highest BCUT2D eigenvalue weighted by Crippen LogP contribution is 2.32. The summed E-state index contributed by atoms with van der Waals surface area (Å²) in [5.74, 6) is 0. The van der Waals surface area contributed by atoms with Crippen molar-refractivity contribution < 1.29 is 8.78 Å². The van der Waals surface area contributed by atoms with Crippen molar-refractivity contribution in [2.75, 3.05) is 0 Å². The minimum absolute atomic E-state index is 0.0755. The van der Waals surface area contributed by atoms with Crippen LogP contribution in [0.1, 0.15) is 38.3 Å². The predicted molar refractivity (Wildman–Crippen MR) is 94.5 cm³/mol. The van der Waals surface area contributed by atoms with Gasteiger partial charge in [0.2, 0.25) is 0 Å². The predicted octanol–water partition coefficient (Wildman–Crippen LogP) is 5.09. The van der Waals surface area contributed by atoms with E-state index in [-0.39, 0.29) is 27.4 Å². The van der Waals surface area contributed by atoms with Crippen LogP contribution >= 0.6 is 23.6 Å². The Bertz CT molecular complexity index is 993. The van der Waals surface area contributed by atoms with Crippen LogP contribution in [0.4, 0.5) is 8.78 Å². The van der Waals surface area contributed by atoms with Gasteiger partial charge in [0.1, 0.15) is 5.65 Å². The van der Waals surface area contributed by atoms with Crippen LogP contribution in [0.15, 0.2) is 28.4 Å². The number of nitrogens with zero attached hydrogens (tertiary/aromatic N) is 2. The second-order valence-corrected chi connectivity index (χ2v) is 6.79. The fourth-order valence-corrected chi connectivity index (χ4v) is 3.63. The van der Waals surface area contributed by atoms with E-state index >= 15 is 0 Å². The van der Waals surface area contributed by atoms with Gasteiger partial charge in [-0.1, -0.05) is 13.0 Å². The number of pyridine rings is 1. The van der Waals surface area contributed by atoms with E-state index in [1.807, 2.05) is 31.4 Å². The van der Waals surface area contributed by atoms with Gasteiger partial charge in [-0.05, 0) is 43.1 Å². The monoisotopic (exact) mass is 367 g/mol. The molecule has 0 saturated carbocycles. The molecule has 0 amide bonds. The van der Waals surface area contributed by atoms with Crippen LogP contribution in [0.3, 0.4) is 0 Å². The minimum atomic E-state index is -2.78. The third kappa shape index (κ3) is 2.80. The van der Waals surface area contributed by atoms with Crippen LogP contribution in [0.25, 0.3) is 21.6 Å². The van der Waals surface area contributed by atoms with E-state index in [0.29, 0.717) is 5.69 Å². The van der Waals surface area contributed by atoms with Crippen LogP contribution in [-0.2, 0) is 0 Å². The second-order valence-electron chi connectivity index (χ2n) is 5.46. The summed E-state index contributed by atoms with van der Waals surface area (Å²) in [6.45, 7) is 3.87. The molecule has 4 nitrogen and oxygen atoms in total. The lowest BCUT2D eigenvalue weighted by atomic mass is 10.1. The van der Waals surface area contributed by atoms with Gasteiger partial charge in [0.15, 0.2) is 4.77 Å². The summed E-state index contributed by atoms with van der Waals surface area (Å²) >= 11 is 6.65. The molecule has 3 aromatic rings. The molecule has 0 bridgehead atoms. The first kappa shape index (κ1) is 16.9. The Morgan fingerprint density at radius 2 is 2.21 bits per heavy atom. The van der Waals surface area contributed by atoms with E-state index in [4.69, 9.17) is 12.2 Å². The molecule has 0 unspecified atom stereocenters. The van der Waals surface area contributed by atoms with Crippen molar-refractivity contribution >= 4 is 34.6 Å². The van der Waals surface area contributed by atoms with Crippen molar-refractivity contribution in [3.05, 3.63) is 44.3 Å². The zero-order valence-electron chi connectivity index (χ0n) is 13.0. The summed E-state index contributed by atoms with van der Waals surface area (Å²) in [5, 5.41) is 1.75. The van der Waals surface area contributed by atoms with Crippen LogP contribution in [0.5, 0.6) is 0 Å². The summed E-state index contributed by atoms with van der Waals surface area (Å²) in [6, 6.07) is 4.85. The first-order chi connectivity index (χ1) is 11.4. The number of rotatable bonds is 4. The van der Waals surface area contributed by atoms with E-state index in [9.17, 15) is 13.6 Å². The van der Waals surface area contributed by atoms with Gasteiger partial charge in [0.25, 0.3) is 12.0 Å². The summed E-state index contributed by atoms with van der Waals surface area (Å²) in [4.78, 5) is 20.0. The number of hydrogen-bond donors (Lipinski definition) is 1. The highest BCUT2D eigenvalue weighted by Gasteiger charge is 2.21. The Labute approximate surface area is 145 Å². The lowest BCUT2D eigenvalue weighted by Crippen LogP contribution is -2.19. The molecule has 3 heterocycles. The van der Waals surface area contributed by atoms with E-state index in [1.54, 1.807) is 4.57 Å². The average molecular weight is 367 g/mol. The largest absolute Gasteiger partial charge is 0.300 e.